The van der Waals surface area contributed by atoms with Crippen LogP contribution < -0.4 is 5.32 Å². The molecule has 1 rings (SSSR count). The molecule has 1 fully saturated rings. The third kappa shape index (κ3) is 7.71. The van der Waals surface area contributed by atoms with Crippen LogP contribution in [0.15, 0.2) is 0 Å². The van der Waals surface area contributed by atoms with Crippen LogP contribution in [0.2, 0.25) is 0 Å². The van der Waals surface area contributed by atoms with Gasteiger partial charge in [0.15, 0.2) is 0 Å². The van der Waals surface area contributed by atoms with Gasteiger partial charge in [0.1, 0.15) is 0 Å². The Morgan fingerprint density at radius 1 is 1.33 bits per heavy atom. The van der Waals surface area contributed by atoms with E-state index >= 15 is 0 Å². The quantitative estimate of drug-likeness (QED) is 0.753. The first-order chi connectivity index (χ1) is 7.26. The first kappa shape index (κ1) is 14.8. The van der Waals surface area contributed by atoms with E-state index in [1.807, 2.05) is 0 Å². The van der Waals surface area contributed by atoms with Crippen molar-refractivity contribution in [3.05, 3.63) is 0 Å². The fourth-order valence-corrected chi connectivity index (χ4v) is 1.91. The molecule has 1 amide bonds. The predicted molar refractivity (Wildman–Crippen MR) is 69.3 cm³/mol. The molecule has 0 aromatic heterocycles. The average Bonchev–Trinajstić information content (AvgIpc) is 2.72. The second kappa shape index (κ2) is 10.3. The first-order valence-electron chi connectivity index (χ1n) is 6.02. The Kier molecular flexibility index (Phi) is 10.2. The number of nitrogens with one attached hydrogen (secondary N) is 1. The lowest BCUT2D eigenvalue weighted by Gasteiger charge is -2.08. The highest BCUT2D eigenvalue weighted by molar-refractivity contribution is 7.98. The van der Waals surface area contributed by atoms with E-state index in [4.69, 9.17) is 0 Å². The summed E-state index contributed by atoms with van der Waals surface area (Å²) in [6.45, 7) is 5.08. The van der Waals surface area contributed by atoms with Crippen molar-refractivity contribution >= 4 is 17.7 Å². The van der Waals surface area contributed by atoms with E-state index in [0.29, 0.717) is 5.92 Å². The number of thioether (sulfide) groups is 1. The van der Waals surface area contributed by atoms with Crippen molar-refractivity contribution in [2.75, 3.05) is 18.6 Å². The van der Waals surface area contributed by atoms with Crippen molar-refractivity contribution in [1.82, 2.24) is 5.32 Å². The van der Waals surface area contributed by atoms with Crippen molar-refractivity contribution in [1.29, 1.82) is 0 Å². The van der Waals surface area contributed by atoms with Gasteiger partial charge >= 0.3 is 0 Å². The summed E-state index contributed by atoms with van der Waals surface area (Å²) >= 11 is 1.77. The summed E-state index contributed by atoms with van der Waals surface area (Å²) in [5.41, 5.74) is 0. The van der Waals surface area contributed by atoms with E-state index in [1.54, 1.807) is 11.8 Å². The lowest BCUT2D eigenvalue weighted by molar-refractivity contribution is -0.124. The number of hydrogen-bond acceptors (Lipinski definition) is 2. The van der Waals surface area contributed by atoms with Crippen molar-refractivity contribution < 1.29 is 4.79 Å². The molecule has 0 aromatic rings. The van der Waals surface area contributed by atoms with Crippen molar-refractivity contribution in [3.8, 4) is 0 Å². The minimum atomic E-state index is 0.279. The van der Waals surface area contributed by atoms with Crippen molar-refractivity contribution in [2.45, 2.75) is 46.0 Å². The first-order valence-corrected chi connectivity index (χ1v) is 7.42. The zero-order chi connectivity index (χ0) is 11.5. The topological polar surface area (TPSA) is 29.1 Å². The zero-order valence-corrected chi connectivity index (χ0v) is 11.2. The summed E-state index contributed by atoms with van der Waals surface area (Å²) in [6.07, 6.45) is 7.99. The Morgan fingerprint density at radius 3 is 2.33 bits per heavy atom. The molecule has 90 valence electrons. The van der Waals surface area contributed by atoms with Crippen LogP contribution in [0.5, 0.6) is 0 Å². The van der Waals surface area contributed by atoms with Crippen LogP contribution >= 0.6 is 11.8 Å². The Hall–Kier alpha value is -0.180. The lowest BCUT2D eigenvalue weighted by atomic mass is 10.1. The summed E-state index contributed by atoms with van der Waals surface area (Å²) < 4.78 is 0. The standard InChI is InChI=1S/C9H17NOS.C3H8/c1-12-7-6-10-9(11)8-4-2-3-5-8;1-3-2/h8H,2-7H2,1H3,(H,10,11);3H2,1-2H3. The van der Waals surface area contributed by atoms with Gasteiger partial charge in [-0.3, -0.25) is 4.79 Å². The van der Waals surface area contributed by atoms with Crippen molar-refractivity contribution in [3.63, 3.8) is 0 Å². The van der Waals surface area contributed by atoms with E-state index in [1.165, 1.54) is 19.3 Å². The van der Waals surface area contributed by atoms with Gasteiger partial charge in [-0.2, -0.15) is 11.8 Å². The molecule has 0 aromatic carbocycles. The van der Waals surface area contributed by atoms with Crippen LogP contribution in [0.4, 0.5) is 0 Å². The third-order valence-corrected chi connectivity index (χ3v) is 2.94. The van der Waals surface area contributed by atoms with Gasteiger partial charge in [0, 0.05) is 18.2 Å². The maximum Gasteiger partial charge on any atom is 0.223 e. The van der Waals surface area contributed by atoms with Crippen LogP contribution in [-0.4, -0.2) is 24.5 Å². The van der Waals surface area contributed by atoms with Crippen LogP contribution in [-0.2, 0) is 4.79 Å². The molecule has 0 unspecified atom stereocenters. The summed E-state index contributed by atoms with van der Waals surface area (Å²) in [5.74, 6) is 1.63. The summed E-state index contributed by atoms with van der Waals surface area (Å²) in [6, 6.07) is 0. The number of carbonyl (C=O) groups excluding carboxylic acids is 1. The summed E-state index contributed by atoms with van der Waals surface area (Å²) in [7, 11) is 0. The minimum Gasteiger partial charge on any atom is -0.355 e. The Labute approximate surface area is 98.6 Å². The Bertz CT molecular complexity index is 156. The van der Waals surface area contributed by atoms with E-state index in [2.05, 4.69) is 25.4 Å². The fourth-order valence-electron chi connectivity index (χ4n) is 1.61. The number of hydrogen-bond donors (Lipinski definition) is 1. The maximum atomic E-state index is 11.4. The highest BCUT2D eigenvalue weighted by Crippen LogP contribution is 2.24. The smallest absolute Gasteiger partial charge is 0.223 e. The highest BCUT2D eigenvalue weighted by atomic mass is 32.2. The van der Waals surface area contributed by atoms with E-state index < -0.39 is 0 Å². The maximum absolute atomic E-state index is 11.4. The molecule has 1 saturated carbocycles. The van der Waals surface area contributed by atoms with Gasteiger partial charge in [0.25, 0.3) is 0 Å². The molecule has 0 aliphatic heterocycles. The van der Waals surface area contributed by atoms with Gasteiger partial charge in [-0.05, 0) is 19.1 Å². The molecule has 0 saturated heterocycles. The van der Waals surface area contributed by atoms with Gasteiger partial charge in [-0.1, -0.05) is 33.1 Å². The molecule has 3 heteroatoms. The predicted octanol–water partition coefficient (Wildman–Crippen LogP) is 3.07. The van der Waals surface area contributed by atoms with Gasteiger partial charge < -0.3 is 5.32 Å². The third-order valence-electron chi connectivity index (χ3n) is 2.33. The van der Waals surface area contributed by atoms with Gasteiger partial charge in [-0.25, -0.2) is 0 Å². The van der Waals surface area contributed by atoms with Crippen LogP contribution in [0, 0.1) is 5.92 Å². The molecular formula is C12H25NOS. The number of amides is 1. The molecule has 1 aliphatic rings. The summed E-state index contributed by atoms with van der Waals surface area (Å²) in [4.78, 5) is 11.4. The summed E-state index contributed by atoms with van der Waals surface area (Å²) in [5, 5.41) is 2.97. The van der Waals surface area contributed by atoms with Crippen LogP contribution in [0.3, 0.4) is 0 Å². The molecular weight excluding hydrogens is 206 g/mol. The highest BCUT2D eigenvalue weighted by Gasteiger charge is 2.21. The molecule has 2 nitrogen and oxygen atoms in total. The normalized spacial score (nSPS) is 15.7. The van der Waals surface area contributed by atoms with E-state index in [-0.39, 0.29) is 5.91 Å². The monoisotopic (exact) mass is 231 g/mol. The Morgan fingerprint density at radius 2 is 1.87 bits per heavy atom. The van der Waals surface area contributed by atoms with Crippen LogP contribution in [0.25, 0.3) is 0 Å². The second-order valence-corrected chi connectivity index (χ2v) is 4.96. The van der Waals surface area contributed by atoms with Crippen molar-refractivity contribution in [2.24, 2.45) is 5.92 Å². The molecule has 0 atom stereocenters. The molecule has 1 aliphatic carbocycles. The molecule has 0 spiro atoms. The molecule has 1 N–H and O–H groups in total. The average molecular weight is 231 g/mol. The van der Waals surface area contributed by atoms with Gasteiger partial charge in [0.05, 0.1) is 0 Å². The van der Waals surface area contributed by atoms with Crippen LogP contribution in [0.1, 0.15) is 46.0 Å². The molecule has 0 radical (unpaired) electrons. The van der Waals surface area contributed by atoms with E-state index in [0.717, 1.165) is 25.1 Å². The molecule has 0 bridgehead atoms. The van der Waals surface area contributed by atoms with E-state index in [9.17, 15) is 4.79 Å². The SMILES string of the molecule is CCC.CSCCNC(=O)C1CCCC1. The Balaban J connectivity index is 0.000000583. The number of rotatable bonds is 4. The largest absolute Gasteiger partial charge is 0.355 e. The molecule has 0 heterocycles. The fraction of sp³-hybridized carbons (Fsp3) is 0.917. The van der Waals surface area contributed by atoms with Gasteiger partial charge in [-0.15, -0.1) is 0 Å². The minimum absolute atomic E-state index is 0.279. The van der Waals surface area contributed by atoms with Gasteiger partial charge in [0.2, 0.25) is 5.91 Å². The second-order valence-electron chi connectivity index (χ2n) is 3.97. The zero-order valence-electron chi connectivity index (χ0n) is 10.3. The molecule has 15 heavy (non-hydrogen) atoms. The lowest BCUT2D eigenvalue weighted by Crippen LogP contribution is -2.30. The number of carbonyl (C=O) groups is 1.